The van der Waals surface area contributed by atoms with Crippen LogP contribution in [0, 0.1) is 5.82 Å². The first-order valence-corrected chi connectivity index (χ1v) is 8.74. The highest BCUT2D eigenvalue weighted by Crippen LogP contribution is 2.26. The van der Waals surface area contributed by atoms with E-state index >= 15 is 0 Å². The van der Waals surface area contributed by atoms with E-state index in [4.69, 9.17) is 0 Å². The van der Waals surface area contributed by atoms with Gasteiger partial charge in [-0.05, 0) is 42.8 Å². The van der Waals surface area contributed by atoms with Gasteiger partial charge in [-0.2, -0.15) is 0 Å². The summed E-state index contributed by atoms with van der Waals surface area (Å²) in [5, 5.41) is 2.65. The smallest absolute Gasteiger partial charge is 0.255 e. The third kappa shape index (κ3) is 3.34. The number of amides is 1. The second-order valence-electron chi connectivity index (χ2n) is 5.26. The molecular formula is C16H15FN2O3S. The van der Waals surface area contributed by atoms with Crippen LogP contribution < -0.4 is 9.62 Å². The maximum absolute atomic E-state index is 13.2. The molecule has 2 aromatic carbocycles. The van der Waals surface area contributed by atoms with Crippen LogP contribution in [-0.4, -0.2) is 26.6 Å². The van der Waals surface area contributed by atoms with Crippen LogP contribution in [0.4, 0.5) is 15.8 Å². The second kappa shape index (κ2) is 6.00. The van der Waals surface area contributed by atoms with Gasteiger partial charge in [0.15, 0.2) is 0 Å². The van der Waals surface area contributed by atoms with Gasteiger partial charge in [0.25, 0.3) is 5.91 Å². The van der Waals surface area contributed by atoms with Gasteiger partial charge in [-0.25, -0.2) is 12.8 Å². The maximum Gasteiger partial charge on any atom is 0.255 e. The first kappa shape index (κ1) is 15.5. The molecule has 5 nitrogen and oxygen atoms in total. The zero-order chi connectivity index (χ0) is 16.4. The quantitative estimate of drug-likeness (QED) is 0.938. The summed E-state index contributed by atoms with van der Waals surface area (Å²) < 4.78 is 38.4. The first-order valence-electron chi connectivity index (χ1n) is 7.13. The van der Waals surface area contributed by atoms with Crippen molar-refractivity contribution < 1.29 is 17.6 Å². The van der Waals surface area contributed by atoms with Crippen LogP contribution in [0.2, 0.25) is 0 Å². The molecule has 0 aliphatic carbocycles. The Bertz CT molecular complexity index is 852. The number of hydrogen-bond donors (Lipinski definition) is 1. The molecule has 120 valence electrons. The molecule has 3 rings (SSSR count). The Kier molecular flexibility index (Phi) is 4.04. The fourth-order valence-electron chi connectivity index (χ4n) is 2.50. The van der Waals surface area contributed by atoms with Gasteiger partial charge in [0, 0.05) is 17.8 Å². The van der Waals surface area contributed by atoms with E-state index < -0.39 is 21.7 Å². The number of rotatable bonds is 3. The number of benzene rings is 2. The maximum atomic E-state index is 13.2. The van der Waals surface area contributed by atoms with Gasteiger partial charge in [0.1, 0.15) is 5.82 Å². The lowest BCUT2D eigenvalue weighted by Crippen LogP contribution is -2.25. The normalized spacial score (nSPS) is 16.3. The van der Waals surface area contributed by atoms with Gasteiger partial charge in [0.05, 0.1) is 11.4 Å². The monoisotopic (exact) mass is 334 g/mol. The number of anilines is 2. The summed E-state index contributed by atoms with van der Waals surface area (Å²) in [5.41, 5.74) is 1.17. The SMILES string of the molecule is O=C(Nc1cccc(N2CCCS2(=O)=O)c1)c1cccc(F)c1. The van der Waals surface area contributed by atoms with E-state index in [0.717, 1.165) is 6.07 Å². The fourth-order valence-corrected chi connectivity index (χ4v) is 4.06. The molecule has 0 atom stereocenters. The van der Waals surface area contributed by atoms with E-state index in [0.29, 0.717) is 24.3 Å². The first-order chi connectivity index (χ1) is 11.0. The van der Waals surface area contributed by atoms with Gasteiger partial charge in [0.2, 0.25) is 10.0 Å². The molecular weight excluding hydrogens is 319 g/mol. The van der Waals surface area contributed by atoms with Gasteiger partial charge >= 0.3 is 0 Å². The zero-order valence-electron chi connectivity index (χ0n) is 12.2. The molecule has 1 N–H and O–H groups in total. The Labute approximate surface area is 133 Å². The predicted octanol–water partition coefficient (Wildman–Crippen LogP) is 2.62. The molecule has 1 saturated heterocycles. The molecule has 1 heterocycles. The number of carbonyl (C=O) groups excluding carboxylic acids is 1. The summed E-state index contributed by atoms with van der Waals surface area (Å²) in [7, 11) is -3.27. The van der Waals surface area contributed by atoms with Crippen LogP contribution in [-0.2, 0) is 10.0 Å². The Morgan fingerprint density at radius 1 is 1.13 bits per heavy atom. The van der Waals surface area contributed by atoms with E-state index in [1.165, 1.54) is 22.5 Å². The van der Waals surface area contributed by atoms with Crippen molar-refractivity contribution in [1.82, 2.24) is 0 Å². The molecule has 2 aromatic rings. The predicted molar refractivity (Wildman–Crippen MR) is 86.5 cm³/mol. The van der Waals surface area contributed by atoms with E-state index in [2.05, 4.69) is 5.32 Å². The molecule has 0 aromatic heterocycles. The molecule has 0 spiro atoms. The summed E-state index contributed by atoms with van der Waals surface area (Å²) in [5.74, 6) is -0.812. The van der Waals surface area contributed by atoms with Crippen LogP contribution in [0.25, 0.3) is 0 Å². The highest BCUT2D eigenvalue weighted by atomic mass is 32.2. The minimum absolute atomic E-state index is 0.132. The minimum atomic E-state index is -3.27. The number of carbonyl (C=O) groups is 1. The van der Waals surface area contributed by atoms with Crippen molar-refractivity contribution >= 4 is 27.3 Å². The Balaban J connectivity index is 1.82. The minimum Gasteiger partial charge on any atom is -0.322 e. The van der Waals surface area contributed by atoms with Crippen LogP contribution in [0.5, 0.6) is 0 Å². The molecule has 23 heavy (non-hydrogen) atoms. The number of hydrogen-bond acceptors (Lipinski definition) is 3. The summed E-state index contributed by atoms with van der Waals surface area (Å²) in [4.78, 5) is 12.1. The Morgan fingerprint density at radius 3 is 2.61 bits per heavy atom. The highest BCUT2D eigenvalue weighted by Gasteiger charge is 2.28. The molecule has 1 amide bonds. The van der Waals surface area contributed by atoms with E-state index in [1.807, 2.05) is 0 Å². The van der Waals surface area contributed by atoms with Gasteiger partial charge in [-0.15, -0.1) is 0 Å². The molecule has 1 aliphatic rings. The molecule has 0 unspecified atom stereocenters. The van der Waals surface area contributed by atoms with Crippen molar-refractivity contribution in [3.8, 4) is 0 Å². The van der Waals surface area contributed by atoms with Crippen molar-refractivity contribution in [2.45, 2.75) is 6.42 Å². The second-order valence-corrected chi connectivity index (χ2v) is 7.27. The zero-order valence-corrected chi connectivity index (χ0v) is 13.0. The molecule has 0 bridgehead atoms. The number of nitrogens with zero attached hydrogens (tertiary/aromatic N) is 1. The van der Waals surface area contributed by atoms with Crippen molar-refractivity contribution in [3.63, 3.8) is 0 Å². The van der Waals surface area contributed by atoms with Gasteiger partial charge in [-0.1, -0.05) is 12.1 Å². The third-order valence-corrected chi connectivity index (χ3v) is 5.45. The van der Waals surface area contributed by atoms with Crippen LogP contribution in [0.3, 0.4) is 0 Å². The van der Waals surface area contributed by atoms with Gasteiger partial charge in [-0.3, -0.25) is 9.10 Å². The van der Waals surface area contributed by atoms with Crippen molar-refractivity contribution in [2.24, 2.45) is 0 Å². The van der Waals surface area contributed by atoms with Crippen molar-refractivity contribution in [3.05, 3.63) is 59.9 Å². The lowest BCUT2D eigenvalue weighted by atomic mass is 10.2. The van der Waals surface area contributed by atoms with Crippen LogP contribution in [0.1, 0.15) is 16.8 Å². The molecule has 7 heteroatoms. The lowest BCUT2D eigenvalue weighted by molar-refractivity contribution is 0.102. The summed E-state index contributed by atoms with van der Waals surface area (Å²) >= 11 is 0. The topological polar surface area (TPSA) is 66.5 Å². The van der Waals surface area contributed by atoms with Crippen LogP contribution >= 0.6 is 0 Å². The van der Waals surface area contributed by atoms with E-state index in [9.17, 15) is 17.6 Å². The average Bonchev–Trinajstić information content (AvgIpc) is 2.87. The molecule has 0 saturated carbocycles. The van der Waals surface area contributed by atoms with Crippen molar-refractivity contribution in [1.29, 1.82) is 0 Å². The van der Waals surface area contributed by atoms with Crippen LogP contribution in [0.15, 0.2) is 48.5 Å². The Morgan fingerprint density at radius 2 is 1.91 bits per heavy atom. The number of sulfonamides is 1. The Hall–Kier alpha value is -2.41. The summed E-state index contributed by atoms with van der Waals surface area (Å²) in [6.07, 6.45) is 0.586. The highest BCUT2D eigenvalue weighted by molar-refractivity contribution is 7.93. The van der Waals surface area contributed by atoms with E-state index in [-0.39, 0.29) is 11.3 Å². The third-order valence-electron chi connectivity index (χ3n) is 3.58. The number of nitrogens with one attached hydrogen (secondary N) is 1. The summed E-state index contributed by atoms with van der Waals surface area (Å²) in [6.45, 7) is 0.434. The van der Waals surface area contributed by atoms with Gasteiger partial charge < -0.3 is 5.32 Å². The summed E-state index contributed by atoms with van der Waals surface area (Å²) in [6, 6.07) is 12.0. The lowest BCUT2D eigenvalue weighted by Gasteiger charge is -2.17. The fraction of sp³-hybridized carbons (Fsp3) is 0.188. The van der Waals surface area contributed by atoms with Crippen molar-refractivity contribution in [2.75, 3.05) is 21.9 Å². The molecule has 0 radical (unpaired) electrons. The average molecular weight is 334 g/mol. The number of halogens is 1. The molecule has 1 aliphatic heterocycles. The van der Waals surface area contributed by atoms with E-state index in [1.54, 1.807) is 24.3 Å². The standard InChI is InChI=1S/C16H15FN2O3S/c17-13-5-1-4-12(10-13)16(20)18-14-6-2-7-15(11-14)19-8-3-9-23(19,21)22/h1-2,4-7,10-11H,3,8-9H2,(H,18,20). The molecule has 1 fully saturated rings. The largest absolute Gasteiger partial charge is 0.322 e.